The number of aliphatic carboxylic acids is 1. The number of nitro groups is 1. The summed E-state index contributed by atoms with van der Waals surface area (Å²) in [5.74, 6) is -2.66. The van der Waals surface area contributed by atoms with Crippen LogP contribution in [0.5, 0.6) is 0 Å². The third-order valence-electron chi connectivity index (χ3n) is 3.74. The SMILES string of the molecule is C[C@@H](NC(=O)/C(=C/c1ccc([N+](=O)[O-])cc1)NC(=O)c1ccccc1Br)C(=O)O. The summed E-state index contributed by atoms with van der Waals surface area (Å²) in [7, 11) is 0. The zero-order chi connectivity index (χ0) is 21.6. The number of carbonyl (C=O) groups excluding carboxylic acids is 2. The maximum atomic E-state index is 12.6. The molecule has 0 aliphatic rings. The molecule has 29 heavy (non-hydrogen) atoms. The number of carboxylic acid groups (broad SMARTS) is 1. The standard InChI is InChI=1S/C19H16BrN3O6/c1-11(19(26)27)21-18(25)16(10-12-6-8-13(9-7-12)23(28)29)22-17(24)14-4-2-3-5-15(14)20/h2-11H,1H3,(H,21,25)(H,22,24)(H,26,27)/b16-10-/t11-/m1/s1. The molecular weight excluding hydrogens is 446 g/mol. The van der Waals surface area contributed by atoms with Crippen LogP contribution in [0.1, 0.15) is 22.8 Å². The number of hydrogen-bond donors (Lipinski definition) is 3. The van der Waals surface area contributed by atoms with Crippen molar-refractivity contribution in [1.29, 1.82) is 0 Å². The number of non-ortho nitro benzene ring substituents is 1. The number of rotatable bonds is 7. The number of carboxylic acids is 1. The highest BCUT2D eigenvalue weighted by Gasteiger charge is 2.20. The second-order valence-electron chi connectivity index (χ2n) is 5.87. The lowest BCUT2D eigenvalue weighted by atomic mass is 10.1. The molecule has 0 aliphatic heterocycles. The van der Waals surface area contributed by atoms with E-state index in [9.17, 15) is 24.5 Å². The molecule has 9 nitrogen and oxygen atoms in total. The molecule has 3 N–H and O–H groups in total. The van der Waals surface area contributed by atoms with Gasteiger partial charge in [-0.1, -0.05) is 12.1 Å². The summed E-state index contributed by atoms with van der Waals surface area (Å²) >= 11 is 3.25. The molecule has 0 radical (unpaired) electrons. The van der Waals surface area contributed by atoms with Crippen LogP contribution in [0, 0.1) is 10.1 Å². The minimum absolute atomic E-state index is 0.134. The monoisotopic (exact) mass is 461 g/mol. The molecule has 0 saturated heterocycles. The molecule has 0 spiro atoms. The summed E-state index contributed by atoms with van der Waals surface area (Å²) < 4.78 is 0.506. The van der Waals surface area contributed by atoms with Crippen LogP contribution in [0.2, 0.25) is 0 Å². The predicted octanol–water partition coefficient (Wildman–Crippen LogP) is 2.72. The average molecular weight is 462 g/mol. The fourth-order valence-electron chi connectivity index (χ4n) is 2.19. The van der Waals surface area contributed by atoms with Crippen molar-refractivity contribution in [3.8, 4) is 0 Å². The Morgan fingerprint density at radius 2 is 1.76 bits per heavy atom. The molecule has 0 aliphatic carbocycles. The van der Waals surface area contributed by atoms with E-state index in [0.29, 0.717) is 10.0 Å². The van der Waals surface area contributed by atoms with Crippen LogP contribution in [-0.2, 0) is 9.59 Å². The van der Waals surface area contributed by atoms with Gasteiger partial charge in [0.2, 0.25) is 0 Å². The van der Waals surface area contributed by atoms with Gasteiger partial charge in [0.1, 0.15) is 11.7 Å². The van der Waals surface area contributed by atoms with Crippen LogP contribution in [0.15, 0.2) is 58.7 Å². The number of amides is 2. The number of halogens is 1. The first-order chi connectivity index (χ1) is 13.7. The molecule has 0 heterocycles. The molecule has 0 bridgehead atoms. The first-order valence-corrected chi connectivity index (χ1v) is 9.04. The van der Waals surface area contributed by atoms with Crippen molar-refractivity contribution in [1.82, 2.24) is 10.6 Å². The van der Waals surface area contributed by atoms with E-state index >= 15 is 0 Å². The van der Waals surface area contributed by atoms with Crippen LogP contribution in [0.3, 0.4) is 0 Å². The number of hydrogen-bond acceptors (Lipinski definition) is 5. The molecule has 2 rings (SSSR count). The van der Waals surface area contributed by atoms with E-state index < -0.39 is 28.7 Å². The molecule has 0 unspecified atom stereocenters. The van der Waals surface area contributed by atoms with Gasteiger partial charge in [0.05, 0.1) is 10.5 Å². The minimum atomic E-state index is -1.25. The summed E-state index contributed by atoms with van der Waals surface area (Å²) in [6.07, 6.45) is 1.29. The van der Waals surface area contributed by atoms with Gasteiger partial charge in [-0.25, -0.2) is 0 Å². The first kappa shape index (κ1) is 21.8. The Hall–Kier alpha value is -3.53. The summed E-state index contributed by atoms with van der Waals surface area (Å²) in [4.78, 5) is 46.3. The number of carbonyl (C=O) groups is 3. The van der Waals surface area contributed by atoms with Gasteiger partial charge in [-0.3, -0.25) is 24.5 Å². The maximum Gasteiger partial charge on any atom is 0.325 e. The maximum absolute atomic E-state index is 12.6. The Morgan fingerprint density at radius 1 is 1.14 bits per heavy atom. The molecular formula is C19H16BrN3O6. The van der Waals surface area contributed by atoms with E-state index in [4.69, 9.17) is 5.11 Å². The normalized spacial score (nSPS) is 12.0. The van der Waals surface area contributed by atoms with Crippen molar-refractivity contribution >= 4 is 45.5 Å². The molecule has 0 fully saturated rings. The van der Waals surface area contributed by atoms with Crippen molar-refractivity contribution in [2.45, 2.75) is 13.0 Å². The minimum Gasteiger partial charge on any atom is -0.480 e. The van der Waals surface area contributed by atoms with Gasteiger partial charge in [-0.2, -0.15) is 0 Å². The second-order valence-corrected chi connectivity index (χ2v) is 6.73. The largest absolute Gasteiger partial charge is 0.480 e. The Labute approximate surface area is 173 Å². The number of nitro benzene ring substituents is 1. The smallest absolute Gasteiger partial charge is 0.325 e. The third-order valence-corrected chi connectivity index (χ3v) is 4.44. The summed E-state index contributed by atoms with van der Waals surface area (Å²) in [6.45, 7) is 1.28. The van der Waals surface area contributed by atoms with E-state index in [2.05, 4.69) is 26.6 Å². The highest BCUT2D eigenvalue weighted by Crippen LogP contribution is 2.17. The molecule has 2 aromatic rings. The molecule has 2 aromatic carbocycles. The van der Waals surface area contributed by atoms with Gasteiger partial charge in [-0.15, -0.1) is 0 Å². The predicted molar refractivity (Wildman–Crippen MR) is 108 cm³/mol. The zero-order valence-electron chi connectivity index (χ0n) is 15.1. The van der Waals surface area contributed by atoms with Crippen molar-refractivity contribution in [3.63, 3.8) is 0 Å². The molecule has 0 saturated carbocycles. The van der Waals surface area contributed by atoms with Gasteiger partial charge in [0, 0.05) is 16.6 Å². The lowest BCUT2D eigenvalue weighted by molar-refractivity contribution is -0.384. The average Bonchev–Trinajstić information content (AvgIpc) is 2.67. The first-order valence-electron chi connectivity index (χ1n) is 8.24. The highest BCUT2D eigenvalue weighted by molar-refractivity contribution is 9.10. The molecule has 10 heteroatoms. The van der Waals surface area contributed by atoms with Gasteiger partial charge >= 0.3 is 5.97 Å². The van der Waals surface area contributed by atoms with Crippen molar-refractivity contribution < 1.29 is 24.4 Å². The van der Waals surface area contributed by atoms with Crippen LogP contribution in [-0.4, -0.2) is 33.9 Å². The van der Waals surface area contributed by atoms with E-state index in [0.717, 1.165) is 0 Å². The van der Waals surface area contributed by atoms with E-state index in [1.807, 2.05) is 0 Å². The van der Waals surface area contributed by atoms with E-state index in [1.54, 1.807) is 24.3 Å². The second kappa shape index (κ2) is 9.60. The summed E-state index contributed by atoms with van der Waals surface area (Å²) in [5, 5.41) is 24.5. The molecule has 2 amide bonds. The quantitative estimate of drug-likeness (QED) is 0.329. The summed E-state index contributed by atoms with van der Waals surface area (Å²) in [5.41, 5.74) is 0.315. The van der Waals surface area contributed by atoms with Crippen molar-refractivity contribution in [3.05, 3.63) is 79.9 Å². The fourth-order valence-corrected chi connectivity index (χ4v) is 2.65. The molecule has 0 aromatic heterocycles. The van der Waals surface area contributed by atoms with E-state index in [1.165, 1.54) is 37.3 Å². The van der Waals surface area contributed by atoms with Gasteiger partial charge in [0.25, 0.3) is 17.5 Å². The lowest BCUT2D eigenvalue weighted by Crippen LogP contribution is -2.42. The van der Waals surface area contributed by atoms with Gasteiger partial charge in [0.15, 0.2) is 0 Å². The zero-order valence-corrected chi connectivity index (χ0v) is 16.7. The highest BCUT2D eigenvalue weighted by atomic mass is 79.9. The number of nitrogens with one attached hydrogen (secondary N) is 2. The van der Waals surface area contributed by atoms with Crippen LogP contribution < -0.4 is 10.6 Å². The van der Waals surface area contributed by atoms with Crippen LogP contribution >= 0.6 is 15.9 Å². The topological polar surface area (TPSA) is 139 Å². The van der Waals surface area contributed by atoms with Crippen molar-refractivity contribution in [2.24, 2.45) is 0 Å². The third kappa shape index (κ3) is 5.98. The van der Waals surface area contributed by atoms with Crippen LogP contribution in [0.4, 0.5) is 5.69 Å². The fraction of sp³-hybridized carbons (Fsp3) is 0.105. The Balaban J connectivity index is 2.35. The van der Waals surface area contributed by atoms with Gasteiger partial charge < -0.3 is 15.7 Å². The molecule has 1 atom stereocenters. The molecule has 150 valence electrons. The Morgan fingerprint density at radius 3 is 2.31 bits per heavy atom. The van der Waals surface area contributed by atoms with Crippen LogP contribution in [0.25, 0.3) is 6.08 Å². The number of nitrogens with zero attached hydrogens (tertiary/aromatic N) is 1. The Bertz CT molecular complexity index is 988. The number of benzene rings is 2. The lowest BCUT2D eigenvalue weighted by Gasteiger charge is -2.14. The van der Waals surface area contributed by atoms with E-state index in [-0.39, 0.29) is 16.9 Å². The summed E-state index contributed by atoms with van der Waals surface area (Å²) in [6, 6.07) is 10.7. The van der Waals surface area contributed by atoms with Gasteiger partial charge in [-0.05, 0) is 58.8 Å². The van der Waals surface area contributed by atoms with Crippen molar-refractivity contribution in [2.75, 3.05) is 0 Å². The Kier molecular flexibility index (Phi) is 7.21.